The maximum atomic E-state index is 14.5. The highest BCUT2D eigenvalue weighted by Gasteiger charge is 2.75. The van der Waals surface area contributed by atoms with E-state index >= 15 is 0 Å². The summed E-state index contributed by atoms with van der Waals surface area (Å²) in [5.41, 5.74) is -12.9. The highest BCUT2D eigenvalue weighted by atomic mass is 19.4. The molecule has 3 unspecified atom stereocenters. The third kappa shape index (κ3) is 2.29. The van der Waals surface area contributed by atoms with Crippen LogP contribution in [0.4, 0.5) is 26.3 Å². The zero-order valence-electron chi connectivity index (χ0n) is 10.7. The molecule has 0 rings (SSSR count). The number of carboxylic acids is 1. The molecule has 114 valence electrons. The molecule has 0 aromatic heterocycles. The minimum atomic E-state index is -5.74. The molecule has 0 saturated carbocycles. The number of hydrogen-bond acceptors (Lipinski definition) is 2. The number of halogens is 6. The van der Waals surface area contributed by atoms with Gasteiger partial charge in [0.15, 0.2) is 11.3 Å². The first kappa shape index (κ1) is 18.0. The molecule has 3 atom stereocenters. The van der Waals surface area contributed by atoms with Gasteiger partial charge in [-0.25, -0.2) is 13.2 Å². The Morgan fingerprint density at radius 3 is 1.37 bits per heavy atom. The molecular weight excluding hydrogens is 278 g/mol. The number of aliphatic carboxylic acids is 1. The van der Waals surface area contributed by atoms with Crippen molar-refractivity contribution in [2.45, 2.75) is 63.2 Å². The van der Waals surface area contributed by atoms with Crippen molar-refractivity contribution >= 4 is 5.97 Å². The molecule has 0 spiro atoms. The predicted octanol–water partition coefficient (Wildman–Crippen LogP) is 2.65. The van der Waals surface area contributed by atoms with Crippen LogP contribution in [0.25, 0.3) is 0 Å². The largest absolute Gasteiger partial charge is 0.547 e. The SMILES string of the molecule is CCC(F)(C(=O)[O-])C(F)(CC)C(F)(CC)C(F)(F)F. The Hall–Kier alpha value is -0.950. The number of carbonyl (C=O) groups is 1. The predicted molar refractivity (Wildman–Crippen MR) is 53.5 cm³/mol. The van der Waals surface area contributed by atoms with Gasteiger partial charge in [0.05, 0.1) is 5.97 Å². The Labute approximate surface area is 106 Å². The highest BCUT2D eigenvalue weighted by molar-refractivity contribution is 5.77. The smallest absolute Gasteiger partial charge is 0.425 e. The summed E-state index contributed by atoms with van der Waals surface area (Å²) in [6.07, 6.45) is -9.66. The summed E-state index contributed by atoms with van der Waals surface area (Å²) in [4.78, 5) is 10.7. The van der Waals surface area contributed by atoms with Gasteiger partial charge in [-0.2, -0.15) is 13.2 Å². The fourth-order valence-electron chi connectivity index (χ4n) is 2.17. The fraction of sp³-hybridized carbons (Fsp3) is 0.909. The van der Waals surface area contributed by atoms with Gasteiger partial charge in [-0.3, -0.25) is 0 Å². The number of carboxylic acid groups (broad SMARTS) is 1. The summed E-state index contributed by atoms with van der Waals surface area (Å²) in [5, 5.41) is 10.7. The van der Waals surface area contributed by atoms with E-state index in [-0.39, 0.29) is 0 Å². The van der Waals surface area contributed by atoms with Crippen LogP contribution in [0.3, 0.4) is 0 Å². The molecule has 0 radical (unpaired) electrons. The van der Waals surface area contributed by atoms with Crippen LogP contribution in [0.1, 0.15) is 40.0 Å². The zero-order valence-corrected chi connectivity index (χ0v) is 10.7. The van der Waals surface area contributed by atoms with Gasteiger partial charge < -0.3 is 9.90 Å². The molecular formula is C11H15F6O2-. The molecule has 0 bridgehead atoms. The summed E-state index contributed by atoms with van der Waals surface area (Å²) in [6.45, 7) is 2.23. The molecule has 0 N–H and O–H groups in total. The van der Waals surface area contributed by atoms with E-state index in [1.165, 1.54) is 0 Å². The lowest BCUT2D eigenvalue weighted by Gasteiger charge is -2.47. The van der Waals surface area contributed by atoms with E-state index < -0.39 is 48.4 Å². The molecule has 0 aliphatic heterocycles. The third-order valence-electron chi connectivity index (χ3n) is 3.49. The first-order chi connectivity index (χ1) is 8.38. The van der Waals surface area contributed by atoms with Gasteiger partial charge in [0, 0.05) is 0 Å². The normalized spacial score (nSPS) is 22.2. The lowest BCUT2D eigenvalue weighted by atomic mass is 9.69. The van der Waals surface area contributed by atoms with Crippen LogP contribution in [0, 0.1) is 0 Å². The van der Waals surface area contributed by atoms with E-state index in [1.807, 2.05) is 0 Å². The quantitative estimate of drug-likeness (QED) is 0.706. The van der Waals surface area contributed by atoms with E-state index in [1.54, 1.807) is 0 Å². The molecule has 0 aromatic rings. The molecule has 0 aromatic carbocycles. The Kier molecular flexibility index (Phi) is 4.94. The van der Waals surface area contributed by atoms with Gasteiger partial charge in [-0.15, -0.1) is 0 Å². The van der Waals surface area contributed by atoms with Crippen LogP contribution in [0.2, 0.25) is 0 Å². The number of hydrogen-bond donors (Lipinski definition) is 0. The number of carbonyl (C=O) groups excluding carboxylic acids is 1. The topological polar surface area (TPSA) is 40.1 Å². The second kappa shape index (κ2) is 5.20. The molecule has 0 saturated heterocycles. The van der Waals surface area contributed by atoms with Gasteiger partial charge in [0.25, 0.3) is 0 Å². The van der Waals surface area contributed by atoms with Gasteiger partial charge in [-0.1, -0.05) is 20.8 Å². The Bertz CT molecular complexity index is 345. The monoisotopic (exact) mass is 293 g/mol. The molecule has 8 heteroatoms. The Morgan fingerprint density at radius 1 is 0.842 bits per heavy atom. The summed E-state index contributed by atoms with van der Waals surface area (Å²) < 4.78 is 80.9. The number of alkyl halides is 6. The standard InChI is InChI=1S/C11H16F6O2/c1-4-8(12,7(18)19)9(13,5-2)10(14,6-3)11(15,16)17/h4-6H2,1-3H3,(H,18,19)/p-1. The van der Waals surface area contributed by atoms with E-state index in [2.05, 4.69) is 0 Å². The second-order valence-corrected chi connectivity index (χ2v) is 4.25. The van der Waals surface area contributed by atoms with Crippen molar-refractivity contribution in [2.24, 2.45) is 0 Å². The first-order valence-electron chi connectivity index (χ1n) is 5.72. The average Bonchev–Trinajstić information content (AvgIpc) is 2.33. The first-order valence-corrected chi connectivity index (χ1v) is 5.72. The molecule has 2 nitrogen and oxygen atoms in total. The summed E-state index contributed by atoms with van der Waals surface area (Å²) in [5.74, 6) is -2.70. The lowest BCUT2D eigenvalue weighted by Crippen LogP contribution is -2.70. The van der Waals surface area contributed by atoms with Gasteiger partial charge in [-0.05, 0) is 19.3 Å². The molecule has 0 heterocycles. The summed E-state index contributed by atoms with van der Waals surface area (Å²) >= 11 is 0. The molecule has 0 aliphatic rings. The van der Waals surface area contributed by atoms with Gasteiger partial charge in [0.1, 0.15) is 0 Å². The Morgan fingerprint density at radius 2 is 1.21 bits per heavy atom. The van der Waals surface area contributed by atoms with Crippen LogP contribution in [-0.4, -0.2) is 29.2 Å². The summed E-state index contributed by atoms with van der Waals surface area (Å²) in [6, 6.07) is 0. The minimum absolute atomic E-state index is 0.669. The fourth-order valence-corrected chi connectivity index (χ4v) is 2.17. The van der Waals surface area contributed by atoms with Crippen LogP contribution >= 0.6 is 0 Å². The van der Waals surface area contributed by atoms with Crippen molar-refractivity contribution in [3.05, 3.63) is 0 Å². The van der Waals surface area contributed by atoms with Gasteiger partial charge >= 0.3 is 6.18 Å². The molecule has 0 aliphatic carbocycles. The minimum Gasteiger partial charge on any atom is -0.547 e. The van der Waals surface area contributed by atoms with Crippen molar-refractivity contribution < 1.29 is 36.2 Å². The molecule has 0 amide bonds. The van der Waals surface area contributed by atoms with E-state index in [9.17, 15) is 36.2 Å². The highest BCUT2D eigenvalue weighted by Crippen LogP contribution is 2.54. The van der Waals surface area contributed by atoms with E-state index in [0.29, 0.717) is 6.92 Å². The van der Waals surface area contributed by atoms with Crippen LogP contribution in [-0.2, 0) is 4.79 Å². The lowest BCUT2D eigenvalue weighted by molar-refractivity contribution is -0.345. The summed E-state index contributed by atoms with van der Waals surface area (Å²) in [7, 11) is 0. The van der Waals surface area contributed by atoms with Crippen LogP contribution in [0.5, 0.6) is 0 Å². The van der Waals surface area contributed by atoms with Crippen molar-refractivity contribution in [2.75, 3.05) is 0 Å². The van der Waals surface area contributed by atoms with Crippen molar-refractivity contribution in [1.82, 2.24) is 0 Å². The zero-order chi connectivity index (χ0) is 15.7. The van der Waals surface area contributed by atoms with Crippen molar-refractivity contribution in [1.29, 1.82) is 0 Å². The van der Waals surface area contributed by atoms with Gasteiger partial charge in [0.2, 0.25) is 5.67 Å². The van der Waals surface area contributed by atoms with Crippen molar-refractivity contribution in [3.8, 4) is 0 Å². The van der Waals surface area contributed by atoms with Crippen LogP contribution in [0.15, 0.2) is 0 Å². The average molecular weight is 293 g/mol. The Balaban J connectivity index is 6.18. The van der Waals surface area contributed by atoms with Crippen LogP contribution < -0.4 is 5.11 Å². The van der Waals surface area contributed by atoms with Crippen molar-refractivity contribution in [3.63, 3.8) is 0 Å². The maximum absolute atomic E-state index is 14.5. The van der Waals surface area contributed by atoms with E-state index in [4.69, 9.17) is 0 Å². The molecule has 0 fully saturated rings. The maximum Gasteiger partial charge on any atom is 0.425 e. The number of rotatable bonds is 6. The van der Waals surface area contributed by atoms with E-state index in [0.717, 1.165) is 13.8 Å². The third-order valence-corrected chi connectivity index (χ3v) is 3.49. The second-order valence-electron chi connectivity index (χ2n) is 4.25. The molecule has 19 heavy (non-hydrogen) atoms.